The zero-order valence-corrected chi connectivity index (χ0v) is 15.3. The van der Waals surface area contributed by atoms with Crippen LogP contribution in [0.3, 0.4) is 0 Å². The van der Waals surface area contributed by atoms with Crippen LogP contribution in [0.5, 0.6) is 0 Å². The number of hydrogen-bond donors (Lipinski definition) is 1. The number of nitrogens with zero attached hydrogens (tertiary/aromatic N) is 3. The summed E-state index contributed by atoms with van der Waals surface area (Å²) in [4.78, 5) is 18.8. The van der Waals surface area contributed by atoms with Crippen LogP contribution >= 0.6 is 0 Å². The van der Waals surface area contributed by atoms with Gasteiger partial charge in [-0.15, -0.1) is 0 Å². The van der Waals surface area contributed by atoms with Gasteiger partial charge < -0.3 is 14.7 Å². The van der Waals surface area contributed by atoms with Crippen LogP contribution in [0, 0.1) is 0 Å². The largest absolute Gasteiger partial charge is 0.339 e. The van der Waals surface area contributed by atoms with Crippen molar-refractivity contribution in [3.63, 3.8) is 0 Å². The number of aryl methyl sites for hydroxylation is 1. The van der Waals surface area contributed by atoms with Crippen molar-refractivity contribution < 1.29 is 9.32 Å². The average Bonchev–Trinajstić information content (AvgIpc) is 3.07. The third-order valence-corrected chi connectivity index (χ3v) is 5.69. The third-order valence-electron chi connectivity index (χ3n) is 5.69. The van der Waals surface area contributed by atoms with E-state index < -0.39 is 0 Å². The first-order valence-electron chi connectivity index (χ1n) is 9.63. The minimum absolute atomic E-state index is 0.0468. The molecule has 2 amide bonds. The molecule has 138 valence electrons. The van der Waals surface area contributed by atoms with E-state index in [1.165, 1.54) is 17.5 Å². The number of urea groups is 1. The lowest BCUT2D eigenvalue weighted by Gasteiger charge is -2.33. The Balaban J connectivity index is 1.30. The fourth-order valence-electron chi connectivity index (χ4n) is 3.87. The molecule has 1 aromatic carbocycles. The van der Waals surface area contributed by atoms with E-state index in [9.17, 15) is 4.79 Å². The van der Waals surface area contributed by atoms with E-state index in [4.69, 9.17) is 4.52 Å². The summed E-state index contributed by atoms with van der Waals surface area (Å²) in [5.74, 6) is 1.88. The van der Waals surface area contributed by atoms with Crippen molar-refractivity contribution in [3.05, 3.63) is 47.1 Å². The fraction of sp³-hybridized carbons (Fsp3) is 0.550. The molecule has 1 fully saturated rings. The van der Waals surface area contributed by atoms with Gasteiger partial charge in [0.15, 0.2) is 5.82 Å². The summed E-state index contributed by atoms with van der Waals surface area (Å²) in [7, 11) is 1.88. The normalized spacial score (nSPS) is 19.5. The van der Waals surface area contributed by atoms with Gasteiger partial charge in [0.1, 0.15) is 0 Å². The van der Waals surface area contributed by atoms with Crippen LogP contribution in [0.2, 0.25) is 0 Å². The molecular weight excluding hydrogens is 328 g/mol. The Hall–Kier alpha value is -2.37. The summed E-state index contributed by atoms with van der Waals surface area (Å²) in [5, 5.41) is 7.02. The van der Waals surface area contributed by atoms with E-state index >= 15 is 0 Å². The van der Waals surface area contributed by atoms with Gasteiger partial charge in [-0.1, -0.05) is 35.8 Å². The Morgan fingerprint density at radius 2 is 2.12 bits per heavy atom. The van der Waals surface area contributed by atoms with Crippen LogP contribution < -0.4 is 5.32 Å². The van der Waals surface area contributed by atoms with Gasteiger partial charge >= 0.3 is 6.03 Å². The van der Waals surface area contributed by atoms with E-state index in [-0.39, 0.29) is 12.1 Å². The topological polar surface area (TPSA) is 71.3 Å². The number of fused-ring (bicyclic) bond motifs is 1. The second kappa shape index (κ2) is 7.48. The minimum Gasteiger partial charge on any atom is -0.339 e. The Kier molecular flexibility index (Phi) is 4.91. The number of aromatic nitrogens is 2. The van der Waals surface area contributed by atoms with Crippen molar-refractivity contribution >= 4 is 6.03 Å². The van der Waals surface area contributed by atoms with Crippen LogP contribution in [-0.4, -0.2) is 34.7 Å². The molecule has 0 bridgehead atoms. The molecule has 6 nitrogen and oxygen atoms in total. The Bertz CT molecular complexity index is 769. The molecule has 0 aliphatic heterocycles. The third kappa shape index (κ3) is 3.45. The van der Waals surface area contributed by atoms with Crippen LogP contribution in [0.1, 0.15) is 66.9 Å². The highest BCUT2D eigenvalue weighted by Crippen LogP contribution is 2.35. The van der Waals surface area contributed by atoms with Gasteiger partial charge in [-0.2, -0.15) is 4.98 Å². The van der Waals surface area contributed by atoms with Crippen LogP contribution in [0.15, 0.2) is 28.8 Å². The predicted molar refractivity (Wildman–Crippen MR) is 97.9 cm³/mol. The summed E-state index contributed by atoms with van der Waals surface area (Å²) < 4.78 is 5.32. The van der Waals surface area contributed by atoms with Gasteiger partial charge in [0.05, 0.1) is 6.04 Å². The average molecular weight is 354 g/mol. The standard InChI is InChI=1S/C20H26N4O2/c1-24(17-11-5-7-14-6-2-3-10-16(14)17)20(25)21-13-12-18-22-19(26-23-18)15-8-4-9-15/h2-3,6,10,15,17H,4-5,7-9,11-13H2,1H3,(H,21,25)/t17-/m0/s1. The minimum atomic E-state index is -0.0468. The molecule has 26 heavy (non-hydrogen) atoms. The number of nitrogens with one attached hydrogen (secondary N) is 1. The first-order chi connectivity index (χ1) is 12.7. The van der Waals surface area contributed by atoms with Gasteiger partial charge in [0, 0.05) is 25.9 Å². The molecule has 1 saturated carbocycles. The Labute approximate surface area is 154 Å². The first kappa shape index (κ1) is 17.1. The fourth-order valence-corrected chi connectivity index (χ4v) is 3.87. The lowest BCUT2D eigenvalue weighted by Crippen LogP contribution is -2.41. The molecule has 2 aromatic rings. The molecule has 1 heterocycles. The lowest BCUT2D eigenvalue weighted by molar-refractivity contribution is 0.184. The van der Waals surface area contributed by atoms with Gasteiger partial charge in [-0.05, 0) is 43.2 Å². The van der Waals surface area contributed by atoms with E-state index in [0.717, 1.165) is 38.0 Å². The summed E-state index contributed by atoms with van der Waals surface area (Å²) in [6, 6.07) is 8.54. The summed E-state index contributed by atoms with van der Waals surface area (Å²) >= 11 is 0. The molecule has 2 aliphatic carbocycles. The quantitative estimate of drug-likeness (QED) is 0.890. The number of carbonyl (C=O) groups excluding carboxylic acids is 1. The molecule has 0 radical (unpaired) electrons. The van der Waals surface area contributed by atoms with Crippen molar-refractivity contribution in [2.24, 2.45) is 0 Å². The number of carbonyl (C=O) groups is 1. The first-order valence-corrected chi connectivity index (χ1v) is 9.63. The Morgan fingerprint density at radius 1 is 1.27 bits per heavy atom. The zero-order chi connectivity index (χ0) is 17.9. The molecule has 4 rings (SSSR count). The maximum atomic E-state index is 12.6. The molecule has 0 spiro atoms. The monoisotopic (exact) mass is 354 g/mol. The van der Waals surface area contributed by atoms with Crippen molar-refractivity contribution in [3.8, 4) is 0 Å². The van der Waals surface area contributed by atoms with Gasteiger partial charge in [-0.25, -0.2) is 4.79 Å². The Morgan fingerprint density at radius 3 is 2.92 bits per heavy atom. The van der Waals surface area contributed by atoms with Gasteiger partial charge in [0.25, 0.3) is 0 Å². The van der Waals surface area contributed by atoms with E-state index in [2.05, 4.69) is 39.7 Å². The van der Waals surface area contributed by atoms with E-state index in [1.54, 1.807) is 0 Å². The smallest absolute Gasteiger partial charge is 0.317 e. The van der Waals surface area contributed by atoms with Gasteiger partial charge in [0.2, 0.25) is 5.89 Å². The molecule has 0 saturated heterocycles. The zero-order valence-electron chi connectivity index (χ0n) is 15.3. The van der Waals surface area contributed by atoms with E-state index in [1.807, 2.05) is 11.9 Å². The summed E-state index contributed by atoms with van der Waals surface area (Å²) in [6.45, 7) is 0.515. The van der Waals surface area contributed by atoms with E-state index in [0.29, 0.717) is 24.7 Å². The summed E-state index contributed by atoms with van der Waals surface area (Å²) in [6.07, 6.45) is 7.36. The van der Waals surface area contributed by atoms with Crippen molar-refractivity contribution in [2.45, 2.75) is 56.9 Å². The highest BCUT2D eigenvalue weighted by Gasteiger charge is 2.27. The molecule has 2 aliphatic rings. The molecule has 1 N–H and O–H groups in total. The van der Waals surface area contributed by atoms with Crippen LogP contribution in [0.4, 0.5) is 4.79 Å². The maximum Gasteiger partial charge on any atom is 0.317 e. The van der Waals surface area contributed by atoms with Crippen LogP contribution in [0.25, 0.3) is 0 Å². The maximum absolute atomic E-state index is 12.6. The molecule has 6 heteroatoms. The SMILES string of the molecule is CN(C(=O)NCCc1noc(C2CCC2)n1)[C@H]1CCCc2ccccc21. The second-order valence-electron chi connectivity index (χ2n) is 7.38. The van der Waals surface area contributed by atoms with Gasteiger partial charge in [-0.3, -0.25) is 0 Å². The summed E-state index contributed by atoms with van der Waals surface area (Å²) in [5.41, 5.74) is 2.64. The molecule has 1 aromatic heterocycles. The highest BCUT2D eigenvalue weighted by atomic mass is 16.5. The molecular formula is C20H26N4O2. The predicted octanol–water partition coefficient (Wildman–Crippen LogP) is 3.60. The molecule has 1 atom stereocenters. The number of hydrogen-bond acceptors (Lipinski definition) is 4. The highest BCUT2D eigenvalue weighted by molar-refractivity contribution is 5.74. The number of amides is 2. The van der Waals surface area contributed by atoms with Crippen LogP contribution in [-0.2, 0) is 12.8 Å². The number of rotatable bonds is 5. The van der Waals surface area contributed by atoms with Crippen molar-refractivity contribution in [2.75, 3.05) is 13.6 Å². The number of benzene rings is 1. The van der Waals surface area contributed by atoms with Crippen molar-refractivity contribution in [1.29, 1.82) is 0 Å². The lowest BCUT2D eigenvalue weighted by atomic mass is 9.85. The molecule has 0 unspecified atom stereocenters. The van der Waals surface area contributed by atoms with Crippen molar-refractivity contribution in [1.82, 2.24) is 20.4 Å². The second-order valence-corrected chi connectivity index (χ2v) is 7.38.